The van der Waals surface area contributed by atoms with Gasteiger partial charge in [0, 0.05) is 34.8 Å². The molecule has 156 valence electrons. The van der Waals surface area contributed by atoms with Crippen LogP contribution in [0.25, 0.3) is 16.5 Å². The Morgan fingerprint density at radius 1 is 1.13 bits per heavy atom. The zero-order valence-electron chi connectivity index (χ0n) is 17.4. The van der Waals surface area contributed by atoms with E-state index in [1.54, 1.807) is 24.3 Å². The highest BCUT2D eigenvalue weighted by atomic mass is 16.3. The third-order valence-corrected chi connectivity index (χ3v) is 5.62. The monoisotopic (exact) mass is 406 g/mol. The summed E-state index contributed by atoms with van der Waals surface area (Å²) in [6, 6.07) is 3.38. The average molecular weight is 406 g/mol. The number of carbonyl (C=O) groups is 2. The van der Waals surface area contributed by atoms with Gasteiger partial charge < -0.3 is 25.6 Å². The van der Waals surface area contributed by atoms with Crippen LogP contribution in [-0.2, 0) is 16.0 Å². The number of ketones is 1. The lowest BCUT2D eigenvalue weighted by molar-refractivity contribution is -0.116. The van der Waals surface area contributed by atoms with Crippen molar-refractivity contribution >= 4 is 28.2 Å². The molecule has 0 fully saturated rings. The molecule has 2 heterocycles. The quantitative estimate of drug-likeness (QED) is 0.563. The highest BCUT2D eigenvalue weighted by Crippen LogP contribution is 2.38. The molecule has 1 aromatic carbocycles. The summed E-state index contributed by atoms with van der Waals surface area (Å²) in [6.07, 6.45) is 6.67. The molecule has 0 atom stereocenters. The van der Waals surface area contributed by atoms with Crippen LogP contribution in [0.4, 0.5) is 0 Å². The van der Waals surface area contributed by atoms with Crippen molar-refractivity contribution < 1.29 is 14.7 Å². The minimum atomic E-state index is -0.203. The van der Waals surface area contributed by atoms with Crippen LogP contribution < -0.4 is 10.6 Å². The fraction of sp³-hybridized carbons (Fsp3) is 0.304. The van der Waals surface area contributed by atoms with Gasteiger partial charge in [0.2, 0.25) is 0 Å². The van der Waals surface area contributed by atoms with E-state index in [0.717, 1.165) is 35.0 Å². The highest BCUT2D eigenvalue weighted by molar-refractivity contribution is 6.36. The molecule has 4 N–H and O–H groups in total. The van der Waals surface area contributed by atoms with Crippen molar-refractivity contribution in [1.82, 2.24) is 20.5 Å². The normalized spacial score (nSPS) is 16.3. The SMILES string of the molecule is CNCCc1c[nH]c2c(C3=CC=C4NC(=O)C(CCN(C)C)=C4C3=O)ccc(O)c12. The number of phenolic OH excluding ortho intramolecular Hbond substituents is 1. The number of benzene rings is 1. The number of rotatable bonds is 7. The Morgan fingerprint density at radius 2 is 1.93 bits per heavy atom. The maximum absolute atomic E-state index is 13.5. The Kier molecular flexibility index (Phi) is 5.32. The van der Waals surface area contributed by atoms with E-state index in [9.17, 15) is 14.7 Å². The van der Waals surface area contributed by atoms with Crippen molar-refractivity contribution in [2.24, 2.45) is 0 Å². The minimum absolute atomic E-state index is 0.169. The van der Waals surface area contributed by atoms with Gasteiger partial charge in [-0.3, -0.25) is 9.59 Å². The van der Waals surface area contributed by atoms with Crippen LogP contribution in [0.3, 0.4) is 0 Å². The standard InChI is InChI=1S/C23H26N4O3/c1-24-10-8-13-12-25-21-14(5-7-18(28)19(13)21)15-4-6-17-20(22(15)29)16(23(30)26-17)9-11-27(2)3/h4-7,12,24-25,28H,8-11H2,1-3H3,(H,26,30). The first-order chi connectivity index (χ1) is 14.4. The number of hydrogen-bond donors (Lipinski definition) is 4. The number of aromatic nitrogens is 1. The summed E-state index contributed by atoms with van der Waals surface area (Å²) in [7, 11) is 5.76. The number of H-pyrrole nitrogens is 1. The number of aromatic amines is 1. The Balaban J connectivity index is 1.78. The van der Waals surface area contributed by atoms with Crippen molar-refractivity contribution in [3.8, 4) is 5.75 Å². The van der Waals surface area contributed by atoms with E-state index in [4.69, 9.17) is 0 Å². The second kappa shape index (κ2) is 7.93. The van der Waals surface area contributed by atoms with Gasteiger partial charge in [0.1, 0.15) is 5.75 Å². The molecule has 0 saturated carbocycles. The molecule has 1 aromatic heterocycles. The number of allylic oxidation sites excluding steroid dienone is 4. The van der Waals surface area contributed by atoms with Gasteiger partial charge in [-0.1, -0.05) is 0 Å². The van der Waals surface area contributed by atoms with E-state index in [1.807, 2.05) is 32.2 Å². The number of Topliss-reactive ketones (excluding diaryl/α,β-unsaturated/α-hetero) is 1. The van der Waals surface area contributed by atoms with Crippen LogP contribution in [0.15, 0.2) is 47.3 Å². The number of hydrogen-bond acceptors (Lipinski definition) is 5. The van der Waals surface area contributed by atoms with E-state index in [1.165, 1.54) is 0 Å². The van der Waals surface area contributed by atoms with Gasteiger partial charge in [0.15, 0.2) is 5.78 Å². The van der Waals surface area contributed by atoms with Crippen molar-refractivity contribution in [2.75, 3.05) is 34.2 Å². The maximum Gasteiger partial charge on any atom is 0.252 e. The zero-order valence-corrected chi connectivity index (χ0v) is 17.4. The van der Waals surface area contributed by atoms with Crippen molar-refractivity contribution in [2.45, 2.75) is 12.8 Å². The van der Waals surface area contributed by atoms with E-state index in [2.05, 4.69) is 15.6 Å². The Labute approximate surface area is 175 Å². The number of phenols is 1. The molecule has 0 unspecified atom stereocenters. The smallest absolute Gasteiger partial charge is 0.252 e. The molecule has 1 aliphatic carbocycles. The lowest BCUT2D eigenvalue weighted by Crippen LogP contribution is -2.19. The lowest BCUT2D eigenvalue weighted by atomic mass is 9.87. The first-order valence-electron chi connectivity index (χ1n) is 10.1. The first kappa shape index (κ1) is 20.1. The van der Waals surface area contributed by atoms with Gasteiger partial charge in [0.25, 0.3) is 5.91 Å². The first-order valence-corrected chi connectivity index (χ1v) is 10.1. The highest BCUT2D eigenvalue weighted by Gasteiger charge is 2.35. The van der Waals surface area contributed by atoms with Gasteiger partial charge in [-0.25, -0.2) is 0 Å². The van der Waals surface area contributed by atoms with Crippen LogP contribution >= 0.6 is 0 Å². The van der Waals surface area contributed by atoms with E-state index < -0.39 is 0 Å². The molecule has 0 saturated heterocycles. The average Bonchev–Trinajstić information content (AvgIpc) is 3.27. The third-order valence-electron chi connectivity index (χ3n) is 5.62. The number of amides is 1. The number of nitrogens with zero attached hydrogens (tertiary/aromatic N) is 1. The molecular formula is C23H26N4O3. The van der Waals surface area contributed by atoms with Gasteiger partial charge in [-0.15, -0.1) is 0 Å². The minimum Gasteiger partial charge on any atom is -0.507 e. The van der Waals surface area contributed by atoms with Crippen molar-refractivity contribution in [1.29, 1.82) is 0 Å². The summed E-state index contributed by atoms with van der Waals surface area (Å²) in [4.78, 5) is 31.1. The largest absolute Gasteiger partial charge is 0.507 e. The molecule has 7 nitrogen and oxygen atoms in total. The summed E-state index contributed by atoms with van der Waals surface area (Å²) >= 11 is 0. The summed E-state index contributed by atoms with van der Waals surface area (Å²) in [6.45, 7) is 1.46. The van der Waals surface area contributed by atoms with Crippen LogP contribution in [0, 0.1) is 0 Å². The van der Waals surface area contributed by atoms with Crippen LogP contribution in [-0.4, -0.2) is 60.9 Å². The second-order valence-electron chi connectivity index (χ2n) is 7.90. The molecule has 7 heteroatoms. The van der Waals surface area contributed by atoms with Crippen LogP contribution in [0.1, 0.15) is 17.5 Å². The number of carbonyl (C=O) groups excluding carboxylic acids is 2. The molecular weight excluding hydrogens is 380 g/mol. The van der Waals surface area contributed by atoms with Gasteiger partial charge in [-0.05, 0) is 70.4 Å². The van der Waals surface area contributed by atoms with E-state index in [-0.39, 0.29) is 17.4 Å². The van der Waals surface area contributed by atoms with Crippen molar-refractivity contribution in [3.63, 3.8) is 0 Å². The van der Waals surface area contributed by atoms with Gasteiger partial charge in [0.05, 0.1) is 16.8 Å². The topological polar surface area (TPSA) is 97.5 Å². The van der Waals surface area contributed by atoms with Crippen LogP contribution in [0.5, 0.6) is 5.75 Å². The van der Waals surface area contributed by atoms with E-state index in [0.29, 0.717) is 35.4 Å². The summed E-state index contributed by atoms with van der Waals surface area (Å²) in [5, 5.41) is 17.1. The fourth-order valence-corrected chi connectivity index (χ4v) is 4.06. The fourth-order valence-electron chi connectivity index (χ4n) is 4.06. The molecule has 2 aromatic rings. The number of fused-ring (bicyclic) bond motifs is 2. The number of likely N-dealkylation sites (N-methyl/N-ethyl adjacent to an activating group) is 1. The molecule has 1 amide bonds. The van der Waals surface area contributed by atoms with Gasteiger partial charge >= 0.3 is 0 Å². The molecule has 2 aliphatic rings. The summed E-state index contributed by atoms with van der Waals surface area (Å²) in [5.41, 5.74) is 4.51. The number of aromatic hydroxyl groups is 1. The van der Waals surface area contributed by atoms with Crippen molar-refractivity contribution in [3.05, 3.63) is 58.5 Å². The van der Waals surface area contributed by atoms with Crippen LogP contribution in [0.2, 0.25) is 0 Å². The predicted molar refractivity (Wildman–Crippen MR) is 117 cm³/mol. The Hall–Kier alpha value is -3.16. The molecule has 30 heavy (non-hydrogen) atoms. The van der Waals surface area contributed by atoms with E-state index >= 15 is 0 Å². The second-order valence-corrected chi connectivity index (χ2v) is 7.90. The van der Waals surface area contributed by atoms with Gasteiger partial charge in [-0.2, -0.15) is 0 Å². The molecule has 0 spiro atoms. The molecule has 0 radical (unpaired) electrons. The molecule has 4 rings (SSSR count). The summed E-state index contributed by atoms with van der Waals surface area (Å²) < 4.78 is 0. The Bertz CT molecular complexity index is 1130. The third kappa shape index (κ3) is 3.36. The predicted octanol–water partition coefficient (Wildman–Crippen LogP) is 1.86. The summed E-state index contributed by atoms with van der Waals surface area (Å²) in [5.74, 6) is -0.186. The maximum atomic E-state index is 13.5. The lowest BCUT2D eigenvalue weighted by Gasteiger charge is -2.16. The molecule has 0 bridgehead atoms. The number of nitrogens with one attached hydrogen (secondary N) is 3. The zero-order chi connectivity index (χ0) is 21.4. The Morgan fingerprint density at radius 3 is 2.67 bits per heavy atom. The molecule has 1 aliphatic heterocycles.